The first kappa shape index (κ1) is 11.6. The van der Waals surface area contributed by atoms with Gasteiger partial charge < -0.3 is 14.7 Å². The van der Waals surface area contributed by atoms with Gasteiger partial charge in [-0.15, -0.1) is 0 Å². The fourth-order valence-electron chi connectivity index (χ4n) is 1.68. The maximum Gasteiger partial charge on any atom is 0.410 e. The maximum absolute atomic E-state index is 11.4. The van der Waals surface area contributed by atoms with E-state index in [1.54, 1.807) is 0 Å². The summed E-state index contributed by atoms with van der Waals surface area (Å²) in [6, 6.07) is -0.0802. The van der Waals surface area contributed by atoms with Crippen molar-refractivity contribution in [2.75, 3.05) is 13.2 Å². The quantitative estimate of drug-likeness (QED) is 0.713. The van der Waals surface area contributed by atoms with E-state index in [1.165, 1.54) is 11.0 Å². The molecule has 1 heterocycles. The molecule has 84 valence electrons. The molecule has 1 saturated heterocycles. The van der Waals surface area contributed by atoms with Crippen LogP contribution in [0.5, 0.6) is 0 Å². The molecule has 2 atom stereocenters. The van der Waals surface area contributed by atoms with Gasteiger partial charge in [-0.3, -0.25) is 4.79 Å². The van der Waals surface area contributed by atoms with Crippen LogP contribution in [0.2, 0.25) is 0 Å². The van der Waals surface area contributed by atoms with Crippen LogP contribution in [-0.2, 0) is 9.53 Å². The number of carboxylic acid groups (broad SMARTS) is 1. The van der Waals surface area contributed by atoms with Crippen LogP contribution < -0.4 is 0 Å². The molecule has 1 N–H and O–H groups in total. The molecule has 5 nitrogen and oxygen atoms in total. The van der Waals surface area contributed by atoms with Crippen LogP contribution in [0.25, 0.3) is 0 Å². The first-order valence-corrected chi connectivity index (χ1v) is 4.83. The molecule has 5 heteroatoms. The minimum atomic E-state index is -0.860. The highest BCUT2D eigenvalue weighted by molar-refractivity contribution is 5.74. The summed E-state index contributed by atoms with van der Waals surface area (Å²) < 4.78 is 4.85. The molecule has 0 radical (unpaired) electrons. The number of carbonyl (C=O) groups excluding carboxylic acids is 1. The standard InChI is InChI=1S/C10H15NO4/c1-3-4-15-10(14)11-6-8(9(12)13)5-7(11)2/h3,7-8H,1,4-6H2,2H3,(H,12,13)/t7-,8?/m1/s1. The molecule has 1 aliphatic heterocycles. The summed E-state index contributed by atoms with van der Waals surface area (Å²) in [7, 11) is 0. The van der Waals surface area contributed by atoms with Crippen molar-refractivity contribution < 1.29 is 19.4 Å². The van der Waals surface area contributed by atoms with Crippen molar-refractivity contribution in [1.82, 2.24) is 4.90 Å². The average Bonchev–Trinajstić information content (AvgIpc) is 2.57. The minimum absolute atomic E-state index is 0.0802. The fraction of sp³-hybridized carbons (Fsp3) is 0.600. The molecule has 15 heavy (non-hydrogen) atoms. The summed E-state index contributed by atoms with van der Waals surface area (Å²) in [6.07, 6.45) is 1.50. The van der Waals surface area contributed by atoms with E-state index in [2.05, 4.69) is 6.58 Å². The molecule has 0 aromatic carbocycles. The number of rotatable bonds is 3. The zero-order chi connectivity index (χ0) is 11.4. The predicted molar refractivity (Wildman–Crippen MR) is 53.5 cm³/mol. The van der Waals surface area contributed by atoms with Gasteiger partial charge in [-0.25, -0.2) is 4.79 Å². The molecule has 1 aliphatic rings. The first-order valence-electron chi connectivity index (χ1n) is 4.83. The second-order valence-corrected chi connectivity index (χ2v) is 3.64. The molecule has 0 aliphatic carbocycles. The lowest BCUT2D eigenvalue weighted by molar-refractivity contribution is -0.141. The Bertz CT molecular complexity index is 277. The van der Waals surface area contributed by atoms with Gasteiger partial charge in [-0.2, -0.15) is 0 Å². The van der Waals surface area contributed by atoms with E-state index in [0.717, 1.165) is 0 Å². The van der Waals surface area contributed by atoms with E-state index < -0.39 is 18.0 Å². The average molecular weight is 213 g/mol. The van der Waals surface area contributed by atoms with Crippen LogP contribution in [0.3, 0.4) is 0 Å². The Labute approximate surface area is 88.3 Å². The molecule has 1 unspecified atom stereocenters. The van der Waals surface area contributed by atoms with Crippen molar-refractivity contribution in [2.24, 2.45) is 5.92 Å². The van der Waals surface area contributed by atoms with Crippen molar-refractivity contribution >= 4 is 12.1 Å². The Hall–Kier alpha value is -1.52. The highest BCUT2D eigenvalue weighted by Gasteiger charge is 2.36. The lowest BCUT2D eigenvalue weighted by Gasteiger charge is -2.19. The molecule has 1 fully saturated rings. The van der Waals surface area contributed by atoms with Crippen molar-refractivity contribution in [3.05, 3.63) is 12.7 Å². The van der Waals surface area contributed by atoms with Crippen molar-refractivity contribution in [3.8, 4) is 0 Å². The van der Waals surface area contributed by atoms with Crippen LogP contribution in [0.15, 0.2) is 12.7 Å². The number of carboxylic acids is 1. The third-order valence-corrected chi connectivity index (χ3v) is 2.48. The predicted octanol–water partition coefficient (Wildman–Crippen LogP) is 1.10. The van der Waals surface area contributed by atoms with Crippen LogP contribution in [-0.4, -0.2) is 41.3 Å². The van der Waals surface area contributed by atoms with Crippen LogP contribution in [0.4, 0.5) is 4.79 Å². The number of carbonyl (C=O) groups is 2. The molecule has 0 spiro atoms. The number of likely N-dealkylation sites (tertiary alicyclic amines) is 1. The normalized spacial score (nSPS) is 25.0. The van der Waals surface area contributed by atoms with Gasteiger partial charge in [-0.05, 0) is 13.3 Å². The fourth-order valence-corrected chi connectivity index (χ4v) is 1.68. The Balaban J connectivity index is 2.52. The van der Waals surface area contributed by atoms with E-state index in [1.807, 2.05) is 6.92 Å². The number of hydrogen-bond acceptors (Lipinski definition) is 3. The first-order chi connectivity index (χ1) is 7.06. The maximum atomic E-state index is 11.4. The number of aliphatic carboxylic acids is 1. The van der Waals surface area contributed by atoms with Crippen molar-refractivity contribution in [1.29, 1.82) is 0 Å². The zero-order valence-electron chi connectivity index (χ0n) is 8.68. The van der Waals surface area contributed by atoms with Gasteiger partial charge in [0.1, 0.15) is 6.61 Å². The van der Waals surface area contributed by atoms with Gasteiger partial charge in [0.05, 0.1) is 5.92 Å². The summed E-state index contributed by atoms with van der Waals surface area (Å²) in [4.78, 5) is 23.6. The highest BCUT2D eigenvalue weighted by Crippen LogP contribution is 2.23. The summed E-state index contributed by atoms with van der Waals surface area (Å²) in [6.45, 7) is 5.63. The van der Waals surface area contributed by atoms with E-state index in [-0.39, 0.29) is 19.2 Å². The summed E-state index contributed by atoms with van der Waals surface area (Å²) >= 11 is 0. The van der Waals surface area contributed by atoms with E-state index in [9.17, 15) is 9.59 Å². The number of amides is 1. The Morgan fingerprint density at radius 2 is 2.33 bits per heavy atom. The Morgan fingerprint density at radius 1 is 1.67 bits per heavy atom. The molecule has 0 aromatic rings. The third-order valence-electron chi connectivity index (χ3n) is 2.48. The summed E-state index contributed by atoms with van der Waals surface area (Å²) in [5, 5.41) is 8.81. The SMILES string of the molecule is C=CCOC(=O)N1CC(C(=O)O)C[C@H]1C. The van der Waals surface area contributed by atoms with Crippen LogP contribution in [0, 0.1) is 5.92 Å². The number of nitrogens with zero attached hydrogens (tertiary/aromatic N) is 1. The van der Waals surface area contributed by atoms with E-state index in [0.29, 0.717) is 6.42 Å². The van der Waals surface area contributed by atoms with E-state index >= 15 is 0 Å². The van der Waals surface area contributed by atoms with Crippen molar-refractivity contribution in [2.45, 2.75) is 19.4 Å². The second kappa shape index (κ2) is 4.82. The smallest absolute Gasteiger partial charge is 0.410 e. The van der Waals surface area contributed by atoms with E-state index in [4.69, 9.17) is 9.84 Å². The zero-order valence-corrected chi connectivity index (χ0v) is 8.68. The minimum Gasteiger partial charge on any atom is -0.481 e. The lowest BCUT2D eigenvalue weighted by Crippen LogP contribution is -2.35. The molecule has 1 amide bonds. The summed E-state index contributed by atoms with van der Waals surface area (Å²) in [5.74, 6) is -1.34. The monoisotopic (exact) mass is 213 g/mol. The molecular formula is C10H15NO4. The van der Waals surface area contributed by atoms with Crippen LogP contribution >= 0.6 is 0 Å². The number of hydrogen-bond donors (Lipinski definition) is 1. The topological polar surface area (TPSA) is 66.8 Å². The molecule has 0 bridgehead atoms. The summed E-state index contributed by atoms with van der Waals surface area (Å²) in [5.41, 5.74) is 0. The van der Waals surface area contributed by atoms with Crippen LogP contribution in [0.1, 0.15) is 13.3 Å². The Kier molecular flexibility index (Phi) is 3.71. The van der Waals surface area contributed by atoms with Gasteiger partial charge in [0.2, 0.25) is 0 Å². The van der Waals surface area contributed by atoms with Gasteiger partial charge in [0, 0.05) is 12.6 Å². The van der Waals surface area contributed by atoms with Gasteiger partial charge in [0.25, 0.3) is 0 Å². The molecule has 1 rings (SSSR count). The number of ether oxygens (including phenoxy) is 1. The van der Waals surface area contributed by atoms with Gasteiger partial charge in [-0.1, -0.05) is 12.7 Å². The lowest BCUT2D eigenvalue weighted by atomic mass is 10.1. The molecule has 0 aromatic heterocycles. The molecular weight excluding hydrogens is 198 g/mol. The van der Waals surface area contributed by atoms with Gasteiger partial charge >= 0.3 is 12.1 Å². The largest absolute Gasteiger partial charge is 0.481 e. The highest BCUT2D eigenvalue weighted by atomic mass is 16.6. The van der Waals surface area contributed by atoms with Crippen molar-refractivity contribution in [3.63, 3.8) is 0 Å². The third kappa shape index (κ3) is 2.71. The Morgan fingerprint density at radius 3 is 2.80 bits per heavy atom. The molecule has 0 saturated carbocycles. The van der Waals surface area contributed by atoms with Gasteiger partial charge in [0.15, 0.2) is 0 Å². The second-order valence-electron chi connectivity index (χ2n) is 3.64.